The van der Waals surface area contributed by atoms with Gasteiger partial charge in [-0.2, -0.15) is 0 Å². The summed E-state index contributed by atoms with van der Waals surface area (Å²) in [5.74, 6) is 0.741. The molecule has 0 radical (unpaired) electrons. The largest absolute Gasteiger partial charge is 0.496 e. The van der Waals surface area contributed by atoms with Crippen LogP contribution in [0, 0.1) is 6.92 Å². The number of ether oxygens (including phenoxy) is 1. The molecule has 0 spiro atoms. The maximum absolute atomic E-state index is 9.01. The number of benzene rings is 1. The first-order valence-corrected chi connectivity index (χ1v) is 6.31. The molecule has 0 amide bonds. The zero-order chi connectivity index (χ0) is 12.4. The van der Waals surface area contributed by atoms with Gasteiger partial charge in [-0.25, -0.2) is 4.98 Å². The number of aryl methyl sites for hydroxylation is 1. The van der Waals surface area contributed by atoms with Gasteiger partial charge in [-0.3, -0.25) is 0 Å². The van der Waals surface area contributed by atoms with Gasteiger partial charge in [0.15, 0.2) is 0 Å². The number of aromatic nitrogens is 1. The Morgan fingerprint density at radius 1 is 1.47 bits per heavy atom. The van der Waals surface area contributed by atoms with Gasteiger partial charge in [-0.15, -0.1) is 11.3 Å². The summed E-state index contributed by atoms with van der Waals surface area (Å²) in [5.41, 5.74) is 2.47. The molecule has 0 fully saturated rings. The van der Waals surface area contributed by atoms with E-state index in [0.717, 1.165) is 21.9 Å². The predicted octanol–water partition coefficient (Wildman–Crippen LogP) is 3.27. The molecule has 1 aromatic carbocycles. The lowest BCUT2D eigenvalue weighted by Crippen LogP contribution is -1.90. The van der Waals surface area contributed by atoms with Crippen LogP contribution in [0.3, 0.4) is 0 Å². The monoisotopic (exact) mass is 269 g/mol. The van der Waals surface area contributed by atoms with Crippen molar-refractivity contribution in [2.75, 3.05) is 7.11 Å². The number of thiazole rings is 1. The molecule has 17 heavy (non-hydrogen) atoms. The second-order valence-corrected chi connectivity index (χ2v) is 4.87. The molecule has 0 saturated carbocycles. The molecule has 1 aromatic heterocycles. The molecular weight excluding hydrogens is 258 g/mol. The van der Waals surface area contributed by atoms with Gasteiger partial charge < -0.3 is 9.84 Å². The van der Waals surface area contributed by atoms with Crippen LogP contribution in [0.1, 0.15) is 11.3 Å². The lowest BCUT2D eigenvalue weighted by molar-refractivity contribution is 0.278. The van der Waals surface area contributed by atoms with Crippen LogP contribution in [0.15, 0.2) is 17.5 Å². The van der Waals surface area contributed by atoms with Gasteiger partial charge in [0.1, 0.15) is 10.8 Å². The van der Waals surface area contributed by atoms with Crippen LogP contribution in [0.25, 0.3) is 10.6 Å². The zero-order valence-electron chi connectivity index (χ0n) is 9.53. The van der Waals surface area contributed by atoms with E-state index in [1.165, 1.54) is 11.3 Å². The molecule has 2 aromatic rings. The molecule has 2 rings (SSSR count). The summed E-state index contributed by atoms with van der Waals surface area (Å²) in [7, 11) is 1.62. The molecule has 5 heteroatoms. The van der Waals surface area contributed by atoms with Crippen LogP contribution in [0.2, 0.25) is 5.02 Å². The third kappa shape index (κ3) is 2.44. The van der Waals surface area contributed by atoms with E-state index in [9.17, 15) is 0 Å². The first kappa shape index (κ1) is 12.4. The Morgan fingerprint density at radius 2 is 2.24 bits per heavy atom. The van der Waals surface area contributed by atoms with Crippen LogP contribution in [-0.4, -0.2) is 17.2 Å². The summed E-state index contributed by atoms with van der Waals surface area (Å²) in [6.45, 7) is 1.87. The second kappa shape index (κ2) is 5.04. The molecule has 3 nitrogen and oxygen atoms in total. The first-order valence-electron chi connectivity index (χ1n) is 5.05. The minimum atomic E-state index is -0.0571. The number of hydrogen-bond acceptors (Lipinski definition) is 4. The third-order valence-corrected chi connectivity index (χ3v) is 3.76. The molecule has 0 aliphatic carbocycles. The summed E-state index contributed by atoms with van der Waals surface area (Å²) in [5, 5.41) is 12.3. The summed E-state index contributed by atoms with van der Waals surface area (Å²) in [6.07, 6.45) is 0. The van der Waals surface area contributed by atoms with E-state index in [-0.39, 0.29) is 6.61 Å². The van der Waals surface area contributed by atoms with Gasteiger partial charge in [0.05, 0.1) is 25.0 Å². The van der Waals surface area contributed by atoms with Gasteiger partial charge in [0.2, 0.25) is 0 Å². The van der Waals surface area contributed by atoms with Crippen molar-refractivity contribution >= 4 is 22.9 Å². The Hall–Kier alpha value is -1.10. The second-order valence-electron chi connectivity index (χ2n) is 3.60. The Kier molecular flexibility index (Phi) is 3.66. The van der Waals surface area contributed by atoms with E-state index < -0.39 is 0 Å². The predicted molar refractivity (Wildman–Crippen MR) is 69.8 cm³/mol. The normalized spacial score (nSPS) is 10.6. The van der Waals surface area contributed by atoms with E-state index >= 15 is 0 Å². The summed E-state index contributed by atoms with van der Waals surface area (Å²) in [4.78, 5) is 4.31. The van der Waals surface area contributed by atoms with E-state index in [0.29, 0.717) is 10.7 Å². The van der Waals surface area contributed by atoms with Crippen molar-refractivity contribution in [1.29, 1.82) is 0 Å². The van der Waals surface area contributed by atoms with Crippen LogP contribution in [0.5, 0.6) is 5.75 Å². The SMILES string of the molecule is COc1cc(C)c(Cl)cc1-c1nc(CO)cs1. The molecule has 0 aliphatic heterocycles. The third-order valence-electron chi connectivity index (χ3n) is 2.42. The molecule has 0 unspecified atom stereocenters. The number of hydrogen-bond donors (Lipinski definition) is 1. The van der Waals surface area contributed by atoms with Crippen LogP contribution in [0.4, 0.5) is 0 Å². The smallest absolute Gasteiger partial charge is 0.129 e. The molecule has 0 atom stereocenters. The molecule has 90 valence electrons. The van der Waals surface area contributed by atoms with Crippen LogP contribution < -0.4 is 4.74 Å². The highest BCUT2D eigenvalue weighted by Gasteiger charge is 2.12. The number of aliphatic hydroxyl groups is 1. The number of methoxy groups -OCH3 is 1. The minimum Gasteiger partial charge on any atom is -0.496 e. The van der Waals surface area contributed by atoms with Gasteiger partial charge in [-0.05, 0) is 24.6 Å². The van der Waals surface area contributed by atoms with Crippen LogP contribution >= 0.6 is 22.9 Å². The Balaban J connectivity index is 2.53. The van der Waals surface area contributed by atoms with Crippen molar-refractivity contribution in [2.45, 2.75) is 13.5 Å². The maximum Gasteiger partial charge on any atom is 0.129 e. The van der Waals surface area contributed by atoms with E-state index in [2.05, 4.69) is 4.98 Å². The minimum absolute atomic E-state index is 0.0571. The average molecular weight is 270 g/mol. The highest BCUT2D eigenvalue weighted by molar-refractivity contribution is 7.13. The highest BCUT2D eigenvalue weighted by Crippen LogP contribution is 2.36. The average Bonchev–Trinajstić information content (AvgIpc) is 2.80. The van der Waals surface area contributed by atoms with Gasteiger partial charge in [-0.1, -0.05) is 11.6 Å². The van der Waals surface area contributed by atoms with Crippen LogP contribution in [-0.2, 0) is 6.61 Å². The van der Waals surface area contributed by atoms with E-state index in [4.69, 9.17) is 21.4 Å². The Bertz CT molecular complexity index is 539. The summed E-state index contributed by atoms with van der Waals surface area (Å²) < 4.78 is 5.32. The van der Waals surface area contributed by atoms with Gasteiger partial charge >= 0.3 is 0 Å². The molecule has 0 bridgehead atoms. The van der Waals surface area contributed by atoms with Crippen molar-refractivity contribution in [3.8, 4) is 16.3 Å². The molecule has 1 N–H and O–H groups in total. The quantitative estimate of drug-likeness (QED) is 0.930. The van der Waals surface area contributed by atoms with Crippen molar-refractivity contribution < 1.29 is 9.84 Å². The van der Waals surface area contributed by atoms with Crippen molar-refractivity contribution in [3.63, 3.8) is 0 Å². The molecule has 1 heterocycles. The topological polar surface area (TPSA) is 42.4 Å². The Labute approximate surface area is 109 Å². The fourth-order valence-corrected chi connectivity index (χ4v) is 2.49. The van der Waals surface area contributed by atoms with Gasteiger partial charge in [0.25, 0.3) is 0 Å². The number of nitrogens with zero attached hydrogens (tertiary/aromatic N) is 1. The van der Waals surface area contributed by atoms with Crippen molar-refractivity contribution in [1.82, 2.24) is 4.98 Å². The fraction of sp³-hybridized carbons (Fsp3) is 0.250. The van der Waals surface area contributed by atoms with E-state index in [1.807, 2.05) is 24.4 Å². The number of rotatable bonds is 3. The van der Waals surface area contributed by atoms with Gasteiger partial charge in [0, 0.05) is 10.4 Å². The number of aliphatic hydroxyl groups excluding tert-OH is 1. The number of halogens is 1. The lowest BCUT2D eigenvalue weighted by atomic mass is 10.1. The fourth-order valence-electron chi connectivity index (χ4n) is 1.49. The van der Waals surface area contributed by atoms with E-state index in [1.54, 1.807) is 7.11 Å². The van der Waals surface area contributed by atoms with Crippen molar-refractivity contribution in [3.05, 3.63) is 33.8 Å². The molecular formula is C12H12ClNO2S. The van der Waals surface area contributed by atoms with Crippen molar-refractivity contribution in [2.24, 2.45) is 0 Å². The zero-order valence-corrected chi connectivity index (χ0v) is 11.1. The molecule has 0 saturated heterocycles. The highest BCUT2D eigenvalue weighted by atomic mass is 35.5. The Morgan fingerprint density at radius 3 is 2.82 bits per heavy atom. The first-order chi connectivity index (χ1) is 8.15. The summed E-state index contributed by atoms with van der Waals surface area (Å²) >= 11 is 7.57. The summed E-state index contributed by atoms with van der Waals surface area (Å²) in [6, 6.07) is 3.73. The molecule has 0 aliphatic rings. The maximum atomic E-state index is 9.01. The lowest BCUT2D eigenvalue weighted by Gasteiger charge is -2.08. The standard InChI is InChI=1S/C12H12ClNO2S/c1-7-3-11(16-2)9(4-10(7)13)12-14-8(5-15)6-17-12/h3-4,6,15H,5H2,1-2H3.